The van der Waals surface area contributed by atoms with Crippen molar-refractivity contribution in [3.63, 3.8) is 0 Å². The minimum Gasteiger partial charge on any atom is -0.481 e. The highest BCUT2D eigenvalue weighted by Crippen LogP contribution is 2.37. The van der Waals surface area contributed by atoms with Crippen molar-refractivity contribution in [2.24, 2.45) is 5.92 Å². The van der Waals surface area contributed by atoms with Gasteiger partial charge in [-0.25, -0.2) is 4.39 Å². The Kier molecular flexibility index (Phi) is 6.12. The number of aliphatic carboxylic acids is 1. The molecular formula is C29H23FO3S. The molecule has 0 saturated carbocycles. The fraction of sp³-hybridized carbons (Fsp3) is 0.138. The monoisotopic (exact) mass is 470 g/mol. The van der Waals surface area contributed by atoms with Gasteiger partial charge in [0.15, 0.2) is 0 Å². The first-order valence-electron chi connectivity index (χ1n) is 11.1. The van der Waals surface area contributed by atoms with E-state index in [2.05, 4.69) is 30.3 Å². The van der Waals surface area contributed by atoms with Gasteiger partial charge in [-0.05, 0) is 46.5 Å². The molecule has 0 amide bonds. The predicted molar refractivity (Wildman–Crippen MR) is 138 cm³/mol. The summed E-state index contributed by atoms with van der Waals surface area (Å²) in [7, 11) is 0. The minimum atomic E-state index is -0.835. The summed E-state index contributed by atoms with van der Waals surface area (Å²) in [6.45, 7) is 1.66. The largest absolute Gasteiger partial charge is 0.481 e. The van der Waals surface area contributed by atoms with Gasteiger partial charge in [0, 0.05) is 27.8 Å². The highest BCUT2D eigenvalue weighted by Gasteiger charge is 2.14. The number of para-hydroxylation sites is 2. The van der Waals surface area contributed by atoms with Crippen LogP contribution >= 0.6 is 11.8 Å². The van der Waals surface area contributed by atoms with Crippen LogP contribution in [0.25, 0.3) is 44.2 Å². The maximum Gasteiger partial charge on any atom is 0.307 e. The maximum atomic E-state index is 14.4. The van der Waals surface area contributed by atoms with Crippen molar-refractivity contribution in [1.29, 1.82) is 0 Å². The van der Waals surface area contributed by atoms with Gasteiger partial charge in [0.05, 0.1) is 5.92 Å². The van der Waals surface area contributed by atoms with E-state index < -0.39 is 11.9 Å². The maximum absolute atomic E-state index is 14.4. The topological polar surface area (TPSA) is 50.4 Å². The summed E-state index contributed by atoms with van der Waals surface area (Å²) in [5.74, 6) is -0.708. The van der Waals surface area contributed by atoms with E-state index in [9.17, 15) is 9.18 Å². The summed E-state index contributed by atoms with van der Waals surface area (Å²) in [6.07, 6.45) is 0. The van der Waals surface area contributed by atoms with E-state index in [-0.39, 0.29) is 5.82 Å². The molecule has 0 radical (unpaired) electrons. The summed E-state index contributed by atoms with van der Waals surface area (Å²) >= 11 is 1.43. The van der Waals surface area contributed by atoms with Crippen LogP contribution in [0.1, 0.15) is 12.5 Å². The highest BCUT2D eigenvalue weighted by molar-refractivity contribution is 7.98. The molecule has 0 fully saturated rings. The van der Waals surface area contributed by atoms with Crippen LogP contribution in [0.5, 0.6) is 0 Å². The standard InChI is InChI=1S/C29H23FO3S/c1-18(29(31)32)16-34-17-22-15-20(12-13-26(22)30)19-6-4-7-21(14-19)23-9-5-10-25-24-8-2-3-11-27(24)33-28(23)25/h2-15,18H,16-17H2,1H3,(H,31,32). The smallest absolute Gasteiger partial charge is 0.307 e. The van der Waals surface area contributed by atoms with Gasteiger partial charge in [0.1, 0.15) is 17.0 Å². The van der Waals surface area contributed by atoms with Crippen LogP contribution in [0, 0.1) is 11.7 Å². The Morgan fingerprint density at radius 1 is 0.912 bits per heavy atom. The molecule has 0 bridgehead atoms. The Hall–Kier alpha value is -3.57. The van der Waals surface area contributed by atoms with E-state index in [1.54, 1.807) is 13.0 Å². The average Bonchev–Trinajstić information content (AvgIpc) is 3.24. The number of hydrogen-bond donors (Lipinski definition) is 1. The molecule has 0 saturated heterocycles. The third-order valence-electron chi connectivity index (χ3n) is 6.00. The molecule has 5 aromatic rings. The zero-order valence-corrected chi connectivity index (χ0v) is 19.4. The lowest BCUT2D eigenvalue weighted by Crippen LogP contribution is -2.11. The van der Waals surface area contributed by atoms with Crippen LogP contribution in [0.2, 0.25) is 0 Å². The van der Waals surface area contributed by atoms with Crippen molar-refractivity contribution in [2.45, 2.75) is 12.7 Å². The van der Waals surface area contributed by atoms with Crippen molar-refractivity contribution >= 4 is 39.7 Å². The number of thioether (sulfide) groups is 1. The first kappa shape index (κ1) is 22.2. The molecule has 34 heavy (non-hydrogen) atoms. The Balaban J connectivity index is 1.48. The van der Waals surface area contributed by atoms with Crippen LogP contribution in [0.15, 0.2) is 89.3 Å². The van der Waals surface area contributed by atoms with Crippen LogP contribution in [0.4, 0.5) is 4.39 Å². The quantitative estimate of drug-likeness (QED) is 0.262. The van der Waals surface area contributed by atoms with E-state index in [1.807, 2.05) is 42.5 Å². The fourth-order valence-electron chi connectivity index (χ4n) is 4.12. The van der Waals surface area contributed by atoms with E-state index in [1.165, 1.54) is 17.8 Å². The van der Waals surface area contributed by atoms with E-state index >= 15 is 0 Å². The summed E-state index contributed by atoms with van der Waals surface area (Å²) in [4.78, 5) is 11.0. The molecule has 1 N–H and O–H groups in total. The Bertz CT molecular complexity index is 1500. The van der Waals surface area contributed by atoms with Gasteiger partial charge in [-0.3, -0.25) is 4.79 Å². The SMILES string of the molecule is CC(CSCc1cc(-c2cccc(-c3cccc4c3oc3ccccc34)c2)ccc1F)C(=O)O. The summed E-state index contributed by atoms with van der Waals surface area (Å²) in [5.41, 5.74) is 6.22. The third kappa shape index (κ3) is 4.31. The number of furan rings is 1. The zero-order valence-electron chi connectivity index (χ0n) is 18.6. The Morgan fingerprint density at radius 2 is 1.65 bits per heavy atom. The fourth-order valence-corrected chi connectivity index (χ4v) is 5.18. The molecule has 1 heterocycles. The molecule has 5 heteroatoms. The van der Waals surface area contributed by atoms with Crippen LogP contribution in [-0.4, -0.2) is 16.8 Å². The van der Waals surface area contributed by atoms with Gasteiger partial charge in [-0.2, -0.15) is 11.8 Å². The van der Waals surface area contributed by atoms with Gasteiger partial charge in [-0.15, -0.1) is 0 Å². The van der Waals surface area contributed by atoms with Crippen molar-refractivity contribution in [2.75, 3.05) is 5.75 Å². The van der Waals surface area contributed by atoms with Crippen molar-refractivity contribution in [1.82, 2.24) is 0 Å². The lowest BCUT2D eigenvalue weighted by atomic mass is 9.97. The van der Waals surface area contributed by atoms with Crippen LogP contribution < -0.4 is 0 Å². The second-order valence-electron chi connectivity index (χ2n) is 8.42. The molecule has 4 aromatic carbocycles. The number of halogens is 1. The molecule has 1 atom stereocenters. The van der Waals surface area contributed by atoms with Gasteiger partial charge < -0.3 is 9.52 Å². The molecule has 0 aliphatic heterocycles. The second kappa shape index (κ2) is 9.35. The highest BCUT2D eigenvalue weighted by atomic mass is 32.2. The molecule has 5 rings (SSSR count). The van der Waals surface area contributed by atoms with Gasteiger partial charge in [0.2, 0.25) is 0 Å². The molecule has 170 valence electrons. The van der Waals surface area contributed by atoms with Crippen molar-refractivity contribution < 1.29 is 18.7 Å². The molecule has 1 aromatic heterocycles. The Labute approximate surface area is 201 Å². The summed E-state index contributed by atoms with van der Waals surface area (Å²) in [5, 5.41) is 11.2. The number of rotatable bonds is 7. The lowest BCUT2D eigenvalue weighted by Gasteiger charge is -2.10. The molecule has 0 aliphatic carbocycles. The molecule has 0 aliphatic rings. The predicted octanol–water partition coefficient (Wildman–Crippen LogP) is 8.01. The molecule has 3 nitrogen and oxygen atoms in total. The van der Waals surface area contributed by atoms with E-state index in [0.29, 0.717) is 17.1 Å². The average molecular weight is 471 g/mol. The summed E-state index contributed by atoms with van der Waals surface area (Å²) in [6, 6.07) is 27.5. The third-order valence-corrected chi connectivity index (χ3v) is 7.25. The lowest BCUT2D eigenvalue weighted by molar-refractivity contribution is -0.140. The number of hydrogen-bond acceptors (Lipinski definition) is 3. The van der Waals surface area contributed by atoms with E-state index in [4.69, 9.17) is 9.52 Å². The van der Waals surface area contributed by atoms with Gasteiger partial charge in [-0.1, -0.05) is 67.6 Å². The normalized spacial score (nSPS) is 12.3. The first-order chi connectivity index (χ1) is 16.5. The second-order valence-corrected chi connectivity index (χ2v) is 9.45. The number of fused-ring (bicyclic) bond motifs is 3. The number of carboxylic acids is 1. The van der Waals surface area contributed by atoms with Crippen molar-refractivity contribution in [3.8, 4) is 22.3 Å². The molecule has 0 spiro atoms. The first-order valence-corrected chi connectivity index (χ1v) is 12.3. The molecular weight excluding hydrogens is 447 g/mol. The minimum absolute atomic E-state index is 0.276. The van der Waals surface area contributed by atoms with Gasteiger partial charge in [0.25, 0.3) is 0 Å². The molecule has 1 unspecified atom stereocenters. The van der Waals surface area contributed by atoms with Crippen LogP contribution in [-0.2, 0) is 10.5 Å². The Morgan fingerprint density at radius 3 is 2.50 bits per heavy atom. The number of carboxylic acid groups (broad SMARTS) is 1. The van der Waals surface area contributed by atoms with Crippen molar-refractivity contribution in [3.05, 3.63) is 96.3 Å². The number of benzene rings is 4. The summed E-state index contributed by atoms with van der Waals surface area (Å²) < 4.78 is 20.7. The number of carbonyl (C=O) groups is 1. The van der Waals surface area contributed by atoms with Gasteiger partial charge >= 0.3 is 5.97 Å². The van der Waals surface area contributed by atoms with E-state index in [0.717, 1.165) is 44.2 Å². The zero-order chi connectivity index (χ0) is 23.7. The van der Waals surface area contributed by atoms with Crippen LogP contribution in [0.3, 0.4) is 0 Å².